The van der Waals surface area contributed by atoms with Crippen molar-refractivity contribution in [3.63, 3.8) is 0 Å². The molecular weight excluding hydrogens is 548 g/mol. The Hall–Kier alpha value is -3.45. The molecule has 3 N–H and O–H groups in total. The van der Waals surface area contributed by atoms with Gasteiger partial charge in [0, 0.05) is 19.5 Å². The minimum Gasteiger partial charge on any atom is -0.497 e. The van der Waals surface area contributed by atoms with E-state index in [4.69, 9.17) is 14.2 Å². The average molecular weight is 585 g/mol. The summed E-state index contributed by atoms with van der Waals surface area (Å²) in [6.07, 6.45) is 5.12. The lowest BCUT2D eigenvalue weighted by Crippen LogP contribution is -2.39. The molecule has 5 rings (SSSR count). The summed E-state index contributed by atoms with van der Waals surface area (Å²) in [4.78, 5) is 20.9. The molecule has 2 aromatic carbocycles. The van der Waals surface area contributed by atoms with E-state index in [1.165, 1.54) is 23.5 Å². The van der Waals surface area contributed by atoms with E-state index >= 15 is 0 Å². The molecule has 3 aromatic rings. The molecule has 2 atom stereocenters. The number of allylic oxidation sites excluding steroid dienone is 1. The highest BCUT2D eigenvalue weighted by atomic mass is 32.2. The third-order valence-corrected chi connectivity index (χ3v) is 9.53. The van der Waals surface area contributed by atoms with Crippen LogP contribution in [0.25, 0.3) is 11.0 Å². The van der Waals surface area contributed by atoms with Gasteiger partial charge in [-0.05, 0) is 67.2 Å². The van der Waals surface area contributed by atoms with Crippen LogP contribution in [0.1, 0.15) is 31.5 Å². The number of methoxy groups -OCH3 is 1. The van der Waals surface area contributed by atoms with Gasteiger partial charge in [0.15, 0.2) is 5.76 Å². The first-order chi connectivity index (χ1) is 19.9. The number of hydrogen-bond donors (Lipinski definition) is 3. The fourth-order valence-corrected chi connectivity index (χ4v) is 6.54. The lowest BCUT2D eigenvalue weighted by molar-refractivity contribution is -0.152. The van der Waals surface area contributed by atoms with E-state index < -0.39 is 16.3 Å². The van der Waals surface area contributed by atoms with Crippen LogP contribution in [0.2, 0.25) is 0 Å². The van der Waals surface area contributed by atoms with Crippen molar-refractivity contribution < 1.29 is 32.5 Å². The number of rotatable bonds is 13. The number of H-pyrrole nitrogens is 1. The van der Waals surface area contributed by atoms with Gasteiger partial charge in [-0.2, -0.15) is 4.31 Å². The van der Waals surface area contributed by atoms with E-state index in [9.17, 15) is 18.3 Å². The Morgan fingerprint density at radius 1 is 1.17 bits per heavy atom. The first kappa shape index (κ1) is 29.1. The van der Waals surface area contributed by atoms with Crippen LogP contribution in [-0.2, 0) is 30.8 Å². The van der Waals surface area contributed by atoms with Gasteiger partial charge in [-0.25, -0.2) is 13.4 Å². The molecule has 0 radical (unpaired) electrons. The van der Waals surface area contributed by atoms with Gasteiger partial charge >= 0.3 is 0 Å². The van der Waals surface area contributed by atoms with E-state index in [0.29, 0.717) is 23.9 Å². The van der Waals surface area contributed by atoms with Gasteiger partial charge in [-0.3, -0.25) is 4.79 Å². The number of nitrogens with zero attached hydrogens (tertiary/aromatic N) is 2. The molecule has 1 fully saturated rings. The van der Waals surface area contributed by atoms with E-state index in [2.05, 4.69) is 15.3 Å². The van der Waals surface area contributed by atoms with Crippen LogP contribution in [0, 0.1) is 11.8 Å². The van der Waals surface area contributed by atoms with Crippen LogP contribution in [0.15, 0.2) is 65.3 Å². The van der Waals surface area contributed by atoms with E-state index in [1.54, 1.807) is 12.1 Å². The van der Waals surface area contributed by atoms with Gasteiger partial charge in [-0.1, -0.05) is 18.6 Å². The van der Waals surface area contributed by atoms with Crippen molar-refractivity contribution in [2.45, 2.75) is 43.4 Å². The van der Waals surface area contributed by atoms with Crippen LogP contribution in [-0.4, -0.2) is 73.4 Å². The van der Waals surface area contributed by atoms with Crippen molar-refractivity contribution >= 4 is 27.0 Å². The molecule has 0 saturated heterocycles. The number of aliphatic hydroxyl groups excluding tert-OH is 1. The second kappa shape index (κ2) is 13.0. The molecular formula is C29H36N4O7S. The Kier molecular flexibility index (Phi) is 9.23. The molecule has 220 valence electrons. The number of carbonyl (C=O) groups excluding carboxylic acids is 1. The van der Waals surface area contributed by atoms with Crippen molar-refractivity contribution in [3.8, 4) is 5.75 Å². The van der Waals surface area contributed by atoms with Gasteiger partial charge in [0.25, 0.3) is 5.91 Å². The maximum Gasteiger partial charge on any atom is 0.286 e. The first-order valence-electron chi connectivity index (χ1n) is 13.8. The Bertz CT molecular complexity index is 1430. The quantitative estimate of drug-likeness (QED) is 0.278. The van der Waals surface area contributed by atoms with Gasteiger partial charge in [-0.15, -0.1) is 0 Å². The minimum absolute atomic E-state index is 0.0141. The number of sulfonamides is 1. The summed E-state index contributed by atoms with van der Waals surface area (Å²) >= 11 is 0. The highest BCUT2D eigenvalue weighted by Crippen LogP contribution is 2.40. The predicted octanol–water partition coefficient (Wildman–Crippen LogP) is 2.93. The number of nitrogens with one attached hydrogen (secondary N) is 2. The van der Waals surface area contributed by atoms with E-state index in [0.717, 1.165) is 30.3 Å². The first-order valence-corrected chi connectivity index (χ1v) is 15.3. The fourth-order valence-electron chi connectivity index (χ4n) is 5.13. The second-order valence-corrected chi connectivity index (χ2v) is 12.2. The molecule has 1 aliphatic carbocycles. The van der Waals surface area contributed by atoms with Crippen LogP contribution >= 0.6 is 0 Å². The normalized spacial score (nSPS) is 19.4. The van der Waals surface area contributed by atoms with Crippen LogP contribution < -0.4 is 10.1 Å². The maximum atomic E-state index is 13.2. The Morgan fingerprint density at radius 3 is 2.63 bits per heavy atom. The topological polar surface area (TPSA) is 143 Å². The largest absolute Gasteiger partial charge is 0.497 e. The smallest absolute Gasteiger partial charge is 0.286 e. The van der Waals surface area contributed by atoms with Gasteiger partial charge in [0.05, 0.1) is 42.8 Å². The number of imidazole rings is 1. The van der Waals surface area contributed by atoms with Crippen molar-refractivity contribution in [1.82, 2.24) is 19.6 Å². The number of benzene rings is 2. The summed E-state index contributed by atoms with van der Waals surface area (Å²) in [5, 5.41) is 12.4. The van der Waals surface area contributed by atoms with Gasteiger partial charge < -0.3 is 29.6 Å². The van der Waals surface area contributed by atoms with Crippen molar-refractivity contribution in [3.05, 3.63) is 66.2 Å². The zero-order valence-electron chi connectivity index (χ0n) is 23.0. The SMILES string of the molecule is COc1ccc(S(=O)(=O)N(CCO)CCO[C@@H]2C[C@H](C3CCC3)C=C(C(=O)NCc3nc4ccccc4[nH]3)O2)cc1. The highest BCUT2D eigenvalue weighted by molar-refractivity contribution is 7.89. The maximum absolute atomic E-state index is 13.2. The fraction of sp³-hybridized carbons (Fsp3) is 0.448. The Morgan fingerprint density at radius 2 is 1.95 bits per heavy atom. The standard InChI is InChI=1S/C29H36N4O7S/c1-38-22-9-11-23(12-10-22)41(36,37)33(13-15-34)14-16-39-28-18-21(20-5-4-6-20)17-26(40-28)29(35)30-19-27-31-24-7-2-3-8-25(24)32-27/h2-3,7-12,17,20-21,28,34H,4-6,13-16,18-19H2,1H3,(H,30,35)(H,31,32)/t21-,28+/m1/s1. The van der Waals surface area contributed by atoms with Crippen LogP contribution in [0.3, 0.4) is 0 Å². The molecule has 0 spiro atoms. The Balaban J connectivity index is 1.20. The lowest BCUT2D eigenvalue weighted by Gasteiger charge is -2.37. The molecule has 12 heteroatoms. The van der Waals surface area contributed by atoms with Crippen molar-refractivity contribution in [1.29, 1.82) is 0 Å². The predicted molar refractivity (Wildman–Crippen MR) is 151 cm³/mol. The molecule has 1 aliphatic heterocycles. The zero-order chi connectivity index (χ0) is 28.8. The summed E-state index contributed by atoms with van der Waals surface area (Å²) in [7, 11) is -2.36. The molecule has 0 bridgehead atoms. The van der Waals surface area contributed by atoms with E-state index in [-0.39, 0.29) is 55.3 Å². The van der Waals surface area contributed by atoms with Crippen molar-refractivity contribution in [2.24, 2.45) is 11.8 Å². The summed E-state index contributed by atoms with van der Waals surface area (Å²) in [5.41, 5.74) is 1.72. The van der Waals surface area contributed by atoms with Crippen LogP contribution in [0.5, 0.6) is 5.75 Å². The Labute approximate surface area is 239 Å². The summed E-state index contributed by atoms with van der Waals surface area (Å²) in [6, 6.07) is 13.7. The number of fused-ring (bicyclic) bond motifs is 1. The minimum atomic E-state index is -3.87. The lowest BCUT2D eigenvalue weighted by atomic mass is 9.73. The number of para-hydroxylation sites is 2. The number of aromatic nitrogens is 2. The summed E-state index contributed by atoms with van der Waals surface area (Å²) < 4.78 is 44.6. The molecule has 41 heavy (non-hydrogen) atoms. The summed E-state index contributed by atoms with van der Waals surface area (Å²) in [6.45, 7) is -0.153. The number of aliphatic hydroxyl groups is 1. The molecule has 1 aromatic heterocycles. The molecule has 1 amide bonds. The number of aromatic amines is 1. The highest BCUT2D eigenvalue weighted by Gasteiger charge is 2.35. The third-order valence-electron chi connectivity index (χ3n) is 7.61. The zero-order valence-corrected chi connectivity index (χ0v) is 23.8. The molecule has 2 heterocycles. The molecule has 2 aliphatic rings. The van der Waals surface area contributed by atoms with Gasteiger partial charge in [0.2, 0.25) is 16.3 Å². The van der Waals surface area contributed by atoms with Gasteiger partial charge in [0.1, 0.15) is 11.6 Å². The third kappa shape index (κ3) is 6.89. The molecule has 11 nitrogen and oxygen atoms in total. The van der Waals surface area contributed by atoms with Crippen molar-refractivity contribution in [2.75, 3.05) is 33.4 Å². The van der Waals surface area contributed by atoms with E-state index in [1.807, 2.05) is 30.3 Å². The monoisotopic (exact) mass is 584 g/mol. The number of carbonyl (C=O) groups is 1. The molecule has 1 saturated carbocycles. The summed E-state index contributed by atoms with van der Waals surface area (Å²) in [5.74, 6) is 1.62. The number of hydrogen-bond acceptors (Lipinski definition) is 8. The number of ether oxygens (including phenoxy) is 3. The average Bonchev–Trinajstić information content (AvgIpc) is 3.37. The second-order valence-electron chi connectivity index (χ2n) is 10.2. The number of amides is 1. The van der Waals surface area contributed by atoms with Crippen LogP contribution in [0.4, 0.5) is 0 Å². The molecule has 0 unspecified atom stereocenters.